The first kappa shape index (κ1) is 9.53. The normalized spacial score (nSPS) is 22.6. The number of nitrogens with one attached hydrogen (secondary N) is 1. The molecule has 6 heteroatoms. The lowest BCUT2D eigenvalue weighted by molar-refractivity contribution is -0.119. The molecule has 0 saturated carbocycles. The van der Waals surface area contributed by atoms with E-state index in [1.165, 1.54) is 5.69 Å². The second-order valence-corrected chi connectivity index (χ2v) is 4.09. The summed E-state index contributed by atoms with van der Waals surface area (Å²) in [6, 6.07) is 1.49. The summed E-state index contributed by atoms with van der Waals surface area (Å²) >= 11 is 0. The molecule has 0 spiro atoms. The maximum absolute atomic E-state index is 11.3. The molecule has 6 nitrogen and oxygen atoms in total. The molecule has 16 heavy (non-hydrogen) atoms. The van der Waals surface area contributed by atoms with E-state index in [-0.39, 0.29) is 0 Å². The van der Waals surface area contributed by atoms with Crippen LogP contribution in [0.25, 0.3) is 0 Å². The molecule has 3 N–H and O–H groups in total. The molecule has 2 aliphatic rings. The van der Waals surface area contributed by atoms with Crippen molar-refractivity contribution in [1.82, 2.24) is 9.88 Å². The number of carbonyl (C=O) groups excluding carboxylic acids is 1. The number of aromatic nitrogens is 1. The van der Waals surface area contributed by atoms with Crippen LogP contribution in [0.3, 0.4) is 0 Å². The van der Waals surface area contributed by atoms with Gasteiger partial charge in [0.2, 0.25) is 5.91 Å². The quantitative estimate of drug-likeness (QED) is 0.701. The predicted octanol–water partition coefficient (Wildman–Crippen LogP) is 0.0835. The Labute approximate surface area is 92.5 Å². The zero-order chi connectivity index (χ0) is 11.1. The summed E-state index contributed by atoms with van der Waals surface area (Å²) < 4.78 is 2.15. The summed E-state index contributed by atoms with van der Waals surface area (Å²) in [4.78, 5) is 11.3. The van der Waals surface area contributed by atoms with Crippen molar-refractivity contribution in [2.45, 2.75) is 25.7 Å². The van der Waals surface area contributed by atoms with Gasteiger partial charge in [0.05, 0.1) is 12.2 Å². The predicted molar refractivity (Wildman–Crippen MR) is 56.6 cm³/mol. The minimum absolute atomic E-state index is 0.427. The van der Waals surface area contributed by atoms with Crippen LogP contribution in [-0.4, -0.2) is 17.0 Å². The molecular weight excluding hydrogens is 206 g/mol. The van der Waals surface area contributed by atoms with Crippen molar-refractivity contribution in [1.29, 1.82) is 0 Å². The van der Waals surface area contributed by atoms with E-state index in [9.17, 15) is 4.79 Å². The Morgan fingerprint density at radius 1 is 1.62 bits per heavy atom. The molecule has 0 bridgehead atoms. The van der Waals surface area contributed by atoms with E-state index >= 15 is 0 Å². The zero-order valence-electron chi connectivity index (χ0n) is 8.81. The fourth-order valence-electron chi connectivity index (χ4n) is 2.39. The van der Waals surface area contributed by atoms with Gasteiger partial charge in [0.25, 0.3) is 0 Å². The Morgan fingerprint density at radius 2 is 2.50 bits per heavy atom. The molecule has 1 aromatic rings. The van der Waals surface area contributed by atoms with Gasteiger partial charge in [-0.15, -0.1) is 0 Å². The Balaban J connectivity index is 2.13. The summed E-state index contributed by atoms with van der Waals surface area (Å²) in [6.07, 6.45) is 0. The number of amides is 1. The summed E-state index contributed by atoms with van der Waals surface area (Å²) in [7, 11) is 0. The van der Waals surface area contributed by atoms with Crippen molar-refractivity contribution in [2.75, 3.05) is 6.54 Å². The van der Waals surface area contributed by atoms with Crippen molar-refractivity contribution in [3.05, 3.63) is 23.0 Å². The Bertz CT molecular complexity index is 476. The number of primary amides is 1. The van der Waals surface area contributed by atoms with Crippen LogP contribution >= 0.6 is 0 Å². The van der Waals surface area contributed by atoms with Crippen molar-refractivity contribution >= 4 is 5.91 Å². The van der Waals surface area contributed by atoms with Crippen molar-refractivity contribution in [2.24, 2.45) is 16.0 Å². The monoisotopic (exact) mass is 219 g/mol. The number of azo groups is 1. The summed E-state index contributed by atoms with van der Waals surface area (Å²) in [6.45, 7) is 3.16. The zero-order valence-corrected chi connectivity index (χ0v) is 8.81. The topological polar surface area (TPSA) is 84.8 Å². The van der Waals surface area contributed by atoms with Gasteiger partial charge >= 0.3 is 0 Å². The maximum atomic E-state index is 11.3. The highest BCUT2D eigenvalue weighted by molar-refractivity contribution is 5.81. The first-order chi connectivity index (χ1) is 7.77. The minimum atomic E-state index is -0.601. The molecule has 1 amide bonds. The lowest BCUT2D eigenvalue weighted by Crippen LogP contribution is -2.31. The SMILES string of the molecule is NC(=O)C1N=NCc2cc3n(c21)CCNC3. The molecule has 3 rings (SSSR count). The van der Waals surface area contributed by atoms with Crippen LogP contribution in [0.15, 0.2) is 16.3 Å². The maximum Gasteiger partial charge on any atom is 0.250 e. The van der Waals surface area contributed by atoms with Gasteiger partial charge in [-0.1, -0.05) is 0 Å². The molecular formula is C10H13N5O. The molecule has 1 unspecified atom stereocenters. The summed E-state index contributed by atoms with van der Waals surface area (Å²) in [5.41, 5.74) is 8.57. The third kappa shape index (κ3) is 1.26. The molecule has 0 aliphatic carbocycles. The number of carbonyl (C=O) groups is 1. The molecule has 84 valence electrons. The molecule has 0 saturated heterocycles. The second-order valence-electron chi connectivity index (χ2n) is 4.09. The standard InChI is InChI=1S/C10H13N5O/c11-10(16)8-9-6(4-13-14-8)3-7-5-12-1-2-15(7)9/h3,8,12H,1-2,4-5H2,(H2,11,16). The highest BCUT2D eigenvalue weighted by atomic mass is 16.1. The van der Waals surface area contributed by atoms with Gasteiger partial charge < -0.3 is 15.6 Å². The number of hydrogen-bond acceptors (Lipinski definition) is 4. The Morgan fingerprint density at radius 3 is 3.31 bits per heavy atom. The third-order valence-corrected chi connectivity index (χ3v) is 3.09. The first-order valence-electron chi connectivity index (χ1n) is 5.35. The summed E-state index contributed by atoms with van der Waals surface area (Å²) in [5.74, 6) is -0.427. The average Bonchev–Trinajstić information content (AvgIpc) is 2.66. The van der Waals surface area contributed by atoms with Crippen LogP contribution in [0.2, 0.25) is 0 Å². The number of fused-ring (bicyclic) bond motifs is 3. The molecule has 0 fully saturated rings. The number of rotatable bonds is 1. The average molecular weight is 219 g/mol. The van der Waals surface area contributed by atoms with Crippen LogP contribution in [-0.2, 0) is 24.4 Å². The van der Waals surface area contributed by atoms with Gasteiger partial charge in [-0.05, 0) is 11.6 Å². The Hall–Kier alpha value is -1.69. The van der Waals surface area contributed by atoms with Crippen LogP contribution < -0.4 is 11.1 Å². The first-order valence-corrected chi connectivity index (χ1v) is 5.35. The fraction of sp³-hybridized carbons (Fsp3) is 0.500. The van der Waals surface area contributed by atoms with E-state index < -0.39 is 11.9 Å². The number of hydrogen-bond donors (Lipinski definition) is 2. The smallest absolute Gasteiger partial charge is 0.250 e. The summed E-state index contributed by atoms with van der Waals surface area (Å²) in [5, 5.41) is 11.2. The van der Waals surface area contributed by atoms with Crippen molar-refractivity contribution in [3.63, 3.8) is 0 Å². The van der Waals surface area contributed by atoms with Crippen LogP contribution in [0.4, 0.5) is 0 Å². The van der Waals surface area contributed by atoms with E-state index in [1.807, 2.05) is 0 Å². The van der Waals surface area contributed by atoms with E-state index in [2.05, 4.69) is 26.2 Å². The van der Waals surface area contributed by atoms with E-state index in [4.69, 9.17) is 5.73 Å². The highest BCUT2D eigenvalue weighted by Crippen LogP contribution is 2.31. The van der Waals surface area contributed by atoms with Crippen molar-refractivity contribution in [3.8, 4) is 0 Å². The molecule has 0 aromatic carbocycles. The largest absolute Gasteiger partial charge is 0.367 e. The molecule has 2 aliphatic heterocycles. The van der Waals surface area contributed by atoms with Gasteiger partial charge in [0.15, 0.2) is 6.04 Å². The number of nitrogens with two attached hydrogens (primary N) is 1. The van der Waals surface area contributed by atoms with E-state index in [0.29, 0.717) is 6.54 Å². The van der Waals surface area contributed by atoms with Crippen LogP contribution in [0, 0.1) is 0 Å². The Kier molecular flexibility index (Phi) is 2.03. The van der Waals surface area contributed by atoms with Crippen molar-refractivity contribution < 1.29 is 4.79 Å². The van der Waals surface area contributed by atoms with Crippen LogP contribution in [0.5, 0.6) is 0 Å². The lowest BCUT2D eigenvalue weighted by Gasteiger charge is -2.22. The van der Waals surface area contributed by atoms with Gasteiger partial charge in [-0.2, -0.15) is 10.2 Å². The van der Waals surface area contributed by atoms with Gasteiger partial charge in [-0.25, -0.2) is 0 Å². The third-order valence-electron chi connectivity index (χ3n) is 3.09. The number of nitrogens with zero attached hydrogens (tertiary/aromatic N) is 3. The molecule has 0 radical (unpaired) electrons. The molecule has 3 heterocycles. The molecule has 1 aromatic heterocycles. The minimum Gasteiger partial charge on any atom is -0.367 e. The second kappa shape index (κ2) is 3.41. The van der Waals surface area contributed by atoms with E-state index in [0.717, 1.165) is 30.9 Å². The van der Waals surface area contributed by atoms with E-state index in [1.54, 1.807) is 0 Å². The van der Waals surface area contributed by atoms with Crippen LogP contribution in [0.1, 0.15) is 23.0 Å². The highest BCUT2D eigenvalue weighted by Gasteiger charge is 2.29. The van der Waals surface area contributed by atoms with Gasteiger partial charge in [0, 0.05) is 25.3 Å². The fourth-order valence-corrected chi connectivity index (χ4v) is 2.39. The van der Waals surface area contributed by atoms with Gasteiger partial charge in [0.1, 0.15) is 0 Å². The molecule has 1 atom stereocenters. The van der Waals surface area contributed by atoms with Gasteiger partial charge in [-0.3, -0.25) is 4.79 Å². The lowest BCUT2D eigenvalue weighted by atomic mass is 10.1.